The lowest BCUT2D eigenvalue weighted by Gasteiger charge is -2.29. The van der Waals surface area contributed by atoms with Gasteiger partial charge in [-0.2, -0.15) is 0 Å². The molecular weight excluding hydrogens is 424 g/mol. The van der Waals surface area contributed by atoms with E-state index < -0.39 is 0 Å². The van der Waals surface area contributed by atoms with Gasteiger partial charge in [0.25, 0.3) is 5.91 Å². The first-order valence-corrected chi connectivity index (χ1v) is 11.9. The van der Waals surface area contributed by atoms with Gasteiger partial charge in [0, 0.05) is 64.0 Å². The minimum atomic E-state index is -0.0469. The minimum absolute atomic E-state index is 0.0105. The quantitative estimate of drug-likeness (QED) is 0.614. The Balaban J connectivity index is 1.43. The number of fused-ring (bicyclic) bond motifs is 1. The Hall–Kier alpha value is -2.75. The normalized spacial score (nSPS) is 18.8. The summed E-state index contributed by atoms with van der Waals surface area (Å²) < 4.78 is 6.97. The van der Waals surface area contributed by atoms with Crippen LogP contribution in [0.5, 0.6) is 0 Å². The zero-order chi connectivity index (χ0) is 22.1. The molecule has 3 aromatic rings. The van der Waals surface area contributed by atoms with Gasteiger partial charge in [0.15, 0.2) is 0 Å². The number of amides is 1. The maximum atomic E-state index is 12.9. The molecule has 0 saturated carbocycles. The van der Waals surface area contributed by atoms with E-state index in [0.717, 1.165) is 77.7 Å². The first-order chi connectivity index (χ1) is 15.6. The molecule has 2 aliphatic rings. The molecule has 3 aromatic heterocycles. The molecule has 5 heterocycles. The van der Waals surface area contributed by atoms with Crippen molar-refractivity contribution in [2.75, 3.05) is 57.1 Å². The predicted octanol–water partition coefficient (Wildman–Crippen LogP) is 3.40. The zero-order valence-corrected chi connectivity index (χ0v) is 19.2. The number of carbonyl (C=O) groups is 1. The molecule has 168 valence electrons. The van der Waals surface area contributed by atoms with E-state index in [1.54, 1.807) is 19.0 Å². The molecule has 9 heteroatoms. The van der Waals surface area contributed by atoms with Crippen molar-refractivity contribution >= 4 is 44.7 Å². The number of piperazine rings is 1. The Labute approximate surface area is 191 Å². The van der Waals surface area contributed by atoms with Crippen molar-refractivity contribution < 1.29 is 9.53 Å². The maximum Gasteiger partial charge on any atom is 0.263 e. The smallest absolute Gasteiger partial charge is 0.263 e. The molecule has 2 aliphatic heterocycles. The van der Waals surface area contributed by atoms with Gasteiger partial charge in [0.05, 0.1) is 27.6 Å². The summed E-state index contributed by atoms with van der Waals surface area (Å²) in [6.45, 7) is 4.71. The third kappa shape index (κ3) is 4.15. The first-order valence-electron chi connectivity index (χ1n) is 11.0. The fourth-order valence-electron chi connectivity index (χ4n) is 4.28. The highest BCUT2D eigenvalue weighted by molar-refractivity contribution is 7.21. The molecule has 5 rings (SSSR count). The summed E-state index contributed by atoms with van der Waals surface area (Å²) in [7, 11) is 3.57. The van der Waals surface area contributed by atoms with Gasteiger partial charge < -0.3 is 25.2 Å². The molecule has 2 N–H and O–H groups in total. The van der Waals surface area contributed by atoms with Gasteiger partial charge in [-0.15, -0.1) is 11.3 Å². The molecule has 0 radical (unpaired) electrons. The van der Waals surface area contributed by atoms with E-state index in [1.165, 1.54) is 11.3 Å². The van der Waals surface area contributed by atoms with Gasteiger partial charge in [0.2, 0.25) is 0 Å². The lowest BCUT2D eigenvalue weighted by atomic mass is 10.0. The molecule has 2 saturated heterocycles. The number of nitrogens with one attached hydrogen (secondary N) is 2. The highest BCUT2D eigenvalue weighted by atomic mass is 32.1. The van der Waals surface area contributed by atoms with E-state index in [-0.39, 0.29) is 12.0 Å². The molecule has 0 bridgehead atoms. The Morgan fingerprint density at radius 3 is 2.72 bits per heavy atom. The predicted molar refractivity (Wildman–Crippen MR) is 128 cm³/mol. The van der Waals surface area contributed by atoms with Crippen molar-refractivity contribution in [2.24, 2.45) is 0 Å². The third-order valence-electron chi connectivity index (χ3n) is 5.95. The van der Waals surface area contributed by atoms with Gasteiger partial charge in [-0.25, -0.2) is 9.97 Å². The molecule has 0 spiro atoms. The van der Waals surface area contributed by atoms with E-state index in [2.05, 4.69) is 31.6 Å². The Bertz CT molecular complexity index is 1100. The molecule has 8 nitrogen and oxygen atoms in total. The van der Waals surface area contributed by atoms with Crippen LogP contribution in [0.4, 0.5) is 17.3 Å². The Morgan fingerprint density at radius 2 is 2.03 bits per heavy atom. The minimum Gasteiger partial charge on any atom is -0.373 e. The number of rotatable bonds is 5. The second-order valence-electron chi connectivity index (χ2n) is 8.38. The van der Waals surface area contributed by atoms with Gasteiger partial charge in [-0.05, 0) is 31.0 Å². The van der Waals surface area contributed by atoms with Crippen LogP contribution in [0.15, 0.2) is 30.6 Å². The number of aromatic nitrogens is 2. The Morgan fingerprint density at radius 1 is 1.22 bits per heavy atom. The summed E-state index contributed by atoms with van der Waals surface area (Å²) in [6, 6.07) is 6.09. The first kappa shape index (κ1) is 21.1. The fourth-order valence-corrected chi connectivity index (χ4v) is 5.50. The van der Waals surface area contributed by atoms with Crippen LogP contribution in [0.2, 0.25) is 0 Å². The summed E-state index contributed by atoms with van der Waals surface area (Å²) in [5.41, 5.74) is 2.12. The number of anilines is 3. The summed E-state index contributed by atoms with van der Waals surface area (Å²) in [5, 5.41) is 7.72. The Kier molecular flexibility index (Phi) is 5.95. The van der Waals surface area contributed by atoms with Crippen molar-refractivity contribution in [3.63, 3.8) is 0 Å². The van der Waals surface area contributed by atoms with Crippen molar-refractivity contribution in [1.29, 1.82) is 0 Å². The third-order valence-corrected chi connectivity index (χ3v) is 7.10. The SMILES string of the molecule is CN(C)C(=O)c1sc2cnc(Nc3ccc(N4CCNCC4)cn3)cc2c1C1CCCO1. The van der Waals surface area contributed by atoms with Crippen LogP contribution in [0, 0.1) is 0 Å². The molecule has 0 aromatic carbocycles. The number of ether oxygens (including phenoxy) is 1. The van der Waals surface area contributed by atoms with Crippen molar-refractivity contribution in [3.8, 4) is 0 Å². The summed E-state index contributed by atoms with van der Waals surface area (Å²) in [5.74, 6) is 1.46. The van der Waals surface area contributed by atoms with E-state index in [4.69, 9.17) is 4.74 Å². The van der Waals surface area contributed by atoms with Crippen LogP contribution < -0.4 is 15.5 Å². The standard InChI is InChI=1S/C23H28N6O2S/c1-28(2)23(30)22-21(17-4-3-11-31-17)16-12-20(26-14-18(16)32-22)27-19-6-5-15(13-25-19)29-9-7-24-8-10-29/h5-6,12-14,17,24H,3-4,7-11H2,1-2H3,(H,25,26,27). The van der Waals surface area contributed by atoms with Gasteiger partial charge in [-0.1, -0.05) is 0 Å². The lowest BCUT2D eigenvalue weighted by Crippen LogP contribution is -2.43. The largest absolute Gasteiger partial charge is 0.373 e. The number of hydrogen-bond acceptors (Lipinski definition) is 8. The van der Waals surface area contributed by atoms with Gasteiger partial charge >= 0.3 is 0 Å². The molecular formula is C23H28N6O2S. The van der Waals surface area contributed by atoms with Gasteiger partial charge in [-0.3, -0.25) is 4.79 Å². The van der Waals surface area contributed by atoms with E-state index in [0.29, 0.717) is 5.82 Å². The summed E-state index contributed by atoms with van der Waals surface area (Å²) >= 11 is 1.49. The topological polar surface area (TPSA) is 82.6 Å². The highest BCUT2D eigenvalue weighted by Crippen LogP contribution is 2.41. The van der Waals surface area contributed by atoms with Crippen LogP contribution in [-0.2, 0) is 4.74 Å². The van der Waals surface area contributed by atoms with Crippen molar-refractivity contribution in [2.45, 2.75) is 18.9 Å². The molecule has 1 atom stereocenters. The second-order valence-corrected chi connectivity index (χ2v) is 9.43. The van der Waals surface area contributed by atoms with Crippen LogP contribution in [0.25, 0.3) is 10.1 Å². The summed E-state index contributed by atoms with van der Waals surface area (Å²) in [6.07, 6.45) is 5.64. The zero-order valence-electron chi connectivity index (χ0n) is 18.4. The maximum absolute atomic E-state index is 12.9. The molecule has 0 aliphatic carbocycles. The van der Waals surface area contributed by atoms with E-state index in [9.17, 15) is 4.79 Å². The molecule has 1 amide bonds. The average molecular weight is 453 g/mol. The molecule has 2 fully saturated rings. The number of hydrogen-bond donors (Lipinski definition) is 2. The van der Waals surface area contributed by atoms with Crippen LogP contribution in [0.1, 0.15) is 34.2 Å². The van der Waals surface area contributed by atoms with Crippen molar-refractivity contribution in [1.82, 2.24) is 20.2 Å². The number of thiophene rings is 1. The van der Waals surface area contributed by atoms with Crippen LogP contribution >= 0.6 is 11.3 Å². The van der Waals surface area contributed by atoms with Crippen LogP contribution in [0.3, 0.4) is 0 Å². The fraction of sp³-hybridized carbons (Fsp3) is 0.435. The number of pyridine rings is 2. The molecule has 32 heavy (non-hydrogen) atoms. The van der Waals surface area contributed by atoms with E-state index >= 15 is 0 Å². The average Bonchev–Trinajstić information content (AvgIpc) is 3.47. The monoisotopic (exact) mass is 452 g/mol. The van der Waals surface area contributed by atoms with Crippen LogP contribution in [-0.4, -0.2) is 67.7 Å². The second kappa shape index (κ2) is 9.01. The van der Waals surface area contributed by atoms with E-state index in [1.807, 2.05) is 24.5 Å². The van der Waals surface area contributed by atoms with Crippen molar-refractivity contribution in [3.05, 3.63) is 41.0 Å². The number of carbonyl (C=O) groups excluding carboxylic acids is 1. The number of nitrogens with zero attached hydrogens (tertiary/aromatic N) is 4. The van der Waals surface area contributed by atoms with Gasteiger partial charge in [0.1, 0.15) is 11.6 Å². The summed E-state index contributed by atoms with van der Waals surface area (Å²) in [4.78, 5) is 26.7. The lowest BCUT2D eigenvalue weighted by molar-refractivity contribution is 0.0816. The highest BCUT2D eigenvalue weighted by Gasteiger charge is 2.29. The molecule has 1 unspecified atom stereocenters.